The third-order valence-corrected chi connectivity index (χ3v) is 5.50. The molecule has 2 aromatic carbocycles. The number of thiazole rings is 1. The molecule has 1 heterocycles. The molecule has 8 nitrogen and oxygen atoms in total. The van der Waals surface area contributed by atoms with Crippen LogP contribution in [0.15, 0.2) is 42.5 Å². The highest BCUT2D eigenvalue weighted by Crippen LogP contribution is 2.33. The van der Waals surface area contributed by atoms with Gasteiger partial charge in [0, 0.05) is 12.6 Å². The first kappa shape index (κ1) is 24.5. The number of aromatic nitrogens is 1. The highest BCUT2D eigenvalue weighted by Gasteiger charge is 2.27. The van der Waals surface area contributed by atoms with Crippen molar-refractivity contribution < 1.29 is 14.5 Å². The summed E-state index contributed by atoms with van der Waals surface area (Å²) >= 11 is 1.37. The Hall–Kier alpha value is -2.75. The van der Waals surface area contributed by atoms with Gasteiger partial charge < -0.3 is 9.64 Å². The molecule has 0 unspecified atom stereocenters. The number of fused-ring (bicyclic) bond motifs is 1. The van der Waals surface area contributed by atoms with E-state index in [0.717, 1.165) is 22.5 Å². The van der Waals surface area contributed by atoms with Crippen molar-refractivity contribution >= 4 is 50.7 Å². The number of nitro groups is 1. The Bertz CT molecular complexity index is 1060. The van der Waals surface area contributed by atoms with E-state index in [4.69, 9.17) is 4.74 Å². The lowest BCUT2D eigenvalue weighted by Crippen LogP contribution is -2.33. The van der Waals surface area contributed by atoms with E-state index in [-0.39, 0.29) is 23.7 Å². The highest BCUT2D eigenvalue weighted by atomic mass is 35.5. The molecule has 0 fully saturated rings. The maximum Gasteiger partial charge on any atom is 0.282 e. The maximum atomic E-state index is 13.3. The fourth-order valence-corrected chi connectivity index (χ4v) is 4.07. The molecule has 0 aliphatic carbocycles. The Morgan fingerprint density at radius 3 is 2.61 bits per heavy atom. The van der Waals surface area contributed by atoms with Crippen LogP contribution in [0, 0.1) is 10.1 Å². The van der Waals surface area contributed by atoms with E-state index in [9.17, 15) is 14.9 Å². The van der Waals surface area contributed by atoms with Crippen molar-refractivity contribution in [2.75, 3.05) is 38.7 Å². The van der Waals surface area contributed by atoms with Gasteiger partial charge in [0.1, 0.15) is 11.3 Å². The van der Waals surface area contributed by atoms with Gasteiger partial charge in [0.25, 0.3) is 11.6 Å². The molecule has 0 aliphatic heterocycles. The first-order valence-electron chi connectivity index (χ1n) is 9.64. The van der Waals surface area contributed by atoms with Crippen molar-refractivity contribution in [3.63, 3.8) is 0 Å². The lowest BCUT2D eigenvalue weighted by molar-refractivity contribution is -0.385. The molecule has 0 aliphatic rings. The van der Waals surface area contributed by atoms with Gasteiger partial charge in [-0.05, 0) is 58.3 Å². The molecular formula is C21H25ClN4O4S. The number of nitrogens with zero attached hydrogens (tertiary/aromatic N) is 4. The number of para-hydroxylation sites is 1. The zero-order valence-electron chi connectivity index (χ0n) is 17.6. The Morgan fingerprint density at radius 1 is 1.19 bits per heavy atom. The summed E-state index contributed by atoms with van der Waals surface area (Å²) in [6, 6.07) is 11.6. The Kier molecular flexibility index (Phi) is 8.73. The topological polar surface area (TPSA) is 88.8 Å². The van der Waals surface area contributed by atoms with Crippen molar-refractivity contribution in [2.24, 2.45) is 0 Å². The molecule has 31 heavy (non-hydrogen) atoms. The molecule has 166 valence electrons. The first-order chi connectivity index (χ1) is 14.4. The first-order valence-corrected chi connectivity index (χ1v) is 10.5. The number of ether oxygens (including phenoxy) is 1. The van der Waals surface area contributed by atoms with E-state index in [1.807, 2.05) is 44.1 Å². The number of nitro benzene ring substituents is 1. The average Bonchev–Trinajstić information content (AvgIpc) is 3.13. The van der Waals surface area contributed by atoms with E-state index in [0.29, 0.717) is 24.7 Å². The number of halogens is 1. The van der Waals surface area contributed by atoms with Crippen LogP contribution in [0.1, 0.15) is 23.7 Å². The van der Waals surface area contributed by atoms with E-state index in [2.05, 4.69) is 4.98 Å². The second kappa shape index (κ2) is 11.0. The fourth-order valence-electron chi connectivity index (χ4n) is 3.05. The van der Waals surface area contributed by atoms with Gasteiger partial charge in [-0.15, -0.1) is 12.4 Å². The Balaban J connectivity index is 0.00000341. The van der Waals surface area contributed by atoms with Crippen LogP contribution in [0.2, 0.25) is 0 Å². The molecule has 10 heteroatoms. The van der Waals surface area contributed by atoms with Crippen LogP contribution < -0.4 is 9.64 Å². The lowest BCUT2D eigenvalue weighted by Gasteiger charge is -2.21. The fraction of sp³-hybridized carbons (Fsp3) is 0.333. The quantitative estimate of drug-likeness (QED) is 0.339. The van der Waals surface area contributed by atoms with Gasteiger partial charge in [-0.1, -0.05) is 23.5 Å². The van der Waals surface area contributed by atoms with Crippen molar-refractivity contribution in [1.29, 1.82) is 0 Å². The molecule has 0 N–H and O–H groups in total. The minimum Gasteiger partial charge on any atom is -0.494 e. The number of hydrogen-bond donors (Lipinski definition) is 0. The van der Waals surface area contributed by atoms with Gasteiger partial charge in [-0.2, -0.15) is 0 Å². The van der Waals surface area contributed by atoms with Crippen LogP contribution in [0.4, 0.5) is 10.8 Å². The number of hydrogen-bond acceptors (Lipinski definition) is 7. The van der Waals surface area contributed by atoms with E-state index >= 15 is 0 Å². The summed E-state index contributed by atoms with van der Waals surface area (Å²) in [5, 5.41) is 11.9. The molecule has 0 bridgehead atoms. The predicted molar refractivity (Wildman–Crippen MR) is 126 cm³/mol. The SMILES string of the molecule is CCOc1ccc2nc(N(CCCN(C)C)C(=O)c3ccccc3[N+](=O)[O-])sc2c1.Cl. The molecule has 3 aromatic rings. The lowest BCUT2D eigenvalue weighted by atomic mass is 10.1. The molecule has 0 saturated carbocycles. The smallest absolute Gasteiger partial charge is 0.282 e. The summed E-state index contributed by atoms with van der Waals surface area (Å²) in [5.74, 6) is 0.314. The number of amides is 1. The molecular weight excluding hydrogens is 440 g/mol. The zero-order valence-corrected chi connectivity index (χ0v) is 19.2. The van der Waals surface area contributed by atoms with Gasteiger partial charge in [0.2, 0.25) is 0 Å². The largest absolute Gasteiger partial charge is 0.494 e. The highest BCUT2D eigenvalue weighted by molar-refractivity contribution is 7.22. The monoisotopic (exact) mass is 464 g/mol. The standard InChI is InChI=1S/C21H24N4O4S.ClH/c1-4-29-15-10-11-17-19(14-15)30-21(22-17)24(13-7-12-23(2)3)20(26)16-8-5-6-9-18(16)25(27)28;/h5-6,8-11,14H,4,7,12-13H2,1-3H3;1H. The summed E-state index contributed by atoms with van der Waals surface area (Å²) in [6.45, 7) is 3.66. The van der Waals surface area contributed by atoms with Crippen LogP contribution in [0.5, 0.6) is 5.75 Å². The van der Waals surface area contributed by atoms with E-state index < -0.39 is 10.8 Å². The van der Waals surface area contributed by atoms with Gasteiger partial charge >= 0.3 is 0 Å². The predicted octanol–water partition coefficient (Wildman–Crippen LogP) is 4.62. The van der Waals surface area contributed by atoms with Crippen LogP contribution in [0.3, 0.4) is 0 Å². The van der Waals surface area contributed by atoms with Crippen molar-refractivity contribution in [2.45, 2.75) is 13.3 Å². The number of benzene rings is 2. The Labute approximate surface area is 191 Å². The van der Waals surface area contributed by atoms with Crippen LogP contribution in [-0.2, 0) is 0 Å². The maximum absolute atomic E-state index is 13.3. The molecule has 0 saturated heterocycles. The van der Waals surface area contributed by atoms with E-state index in [1.165, 1.54) is 28.4 Å². The molecule has 0 atom stereocenters. The Morgan fingerprint density at radius 2 is 1.94 bits per heavy atom. The third-order valence-electron chi connectivity index (χ3n) is 4.45. The second-order valence-corrected chi connectivity index (χ2v) is 7.96. The second-order valence-electron chi connectivity index (χ2n) is 6.95. The third kappa shape index (κ3) is 5.90. The summed E-state index contributed by atoms with van der Waals surface area (Å²) in [6.07, 6.45) is 0.708. The molecule has 3 rings (SSSR count). The molecule has 0 spiro atoms. The summed E-state index contributed by atoms with van der Waals surface area (Å²) in [4.78, 5) is 32.4. The molecule has 1 amide bonds. The molecule has 0 radical (unpaired) electrons. The average molecular weight is 465 g/mol. The minimum atomic E-state index is -0.530. The number of carbonyl (C=O) groups is 1. The molecule has 1 aromatic heterocycles. The van der Waals surface area contributed by atoms with E-state index in [1.54, 1.807) is 12.1 Å². The van der Waals surface area contributed by atoms with Gasteiger partial charge in [-0.25, -0.2) is 4.98 Å². The number of anilines is 1. The van der Waals surface area contributed by atoms with Crippen molar-refractivity contribution in [3.8, 4) is 5.75 Å². The summed E-state index contributed by atoms with van der Waals surface area (Å²) in [5.41, 5.74) is 0.605. The zero-order chi connectivity index (χ0) is 21.7. The van der Waals surface area contributed by atoms with Crippen molar-refractivity contribution in [1.82, 2.24) is 9.88 Å². The van der Waals surface area contributed by atoms with Crippen LogP contribution >= 0.6 is 23.7 Å². The van der Waals surface area contributed by atoms with Crippen LogP contribution in [0.25, 0.3) is 10.2 Å². The van der Waals surface area contributed by atoms with Crippen LogP contribution in [-0.4, -0.2) is 54.5 Å². The van der Waals surface area contributed by atoms with Gasteiger partial charge in [0.05, 0.1) is 21.7 Å². The van der Waals surface area contributed by atoms with Gasteiger partial charge in [0.15, 0.2) is 5.13 Å². The van der Waals surface area contributed by atoms with Crippen molar-refractivity contribution in [3.05, 3.63) is 58.1 Å². The summed E-state index contributed by atoms with van der Waals surface area (Å²) < 4.78 is 6.44. The summed E-state index contributed by atoms with van der Waals surface area (Å²) in [7, 11) is 3.92. The normalized spacial score (nSPS) is 10.7. The number of carbonyl (C=O) groups excluding carboxylic acids is 1. The number of rotatable bonds is 9. The van der Waals surface area contributed by atoms with Gasteiger partial charge in [-0.3, -0.25) is 19.8 Å². The minimum absolute atomic E-state index is 0.